The second-order valence-electron chi connectivity index (χ2n) is 8.86. The molecule has 3 atom stereocenters. The van der Waals surface area contributed by atoms with Crippen molar-refractivity contribution in [2.75, 3.05) is 25.6 Å². The number of anilines is 1. The van der Waals surface area contributed by atoms with Gasteiger partial charge in [0.1, 0.15) is 17.9 Å². The zero-order valence-corrected chi connectivity index (χ0v) is 18.9. The van der Waals surface area contributed by atoms with Crippen molar-refractivity contribution in [3.8, 4) is 23.0 Å². The first-order valence-corrected chi connectivity index (χ1v) is 11.1. The molecule has 1 aromatic heterocycles. The maximum absolute atomic E-state index is 12.3. The van der Waals surface area contributed by atoms with Crippen LogP contribution in [0.3, 0.4) is 0 Å². The lowest BCUT2D eigenvalue weighted by molar-refractivity contribution is -0.0459. The predicted molar refractivity (Wildman–Crippen MR) is 128 cm³/mol. The van der Waals surface area contributed by atoms with E-state index in [4.69, 9.17) is 4.74 Å². The highest BCUT2D eigenvalue weighted by atomic mass is 16.5. The molecule has 5 rings (SSSR count). The third kappa shape index (κ3) is 3.94. The molecule has 2 aromatic carbocycles. The molecular formula is C26H25N3O5. The van der Waals surface area contributed by atoms with Crippen LogP contribution in [0.2, 0.25) is 0 Å². The fourth-order valence-corrected chi connectivity index (χ4v) is 4.53. The van der Waals surface area contributed by atoms with Crippen LogP contribution in [0.1, 0.15) is 34.9 Å². The monoisotopic (exact) mass is 459 g/mol. The summed E-state index contributed by atoms with van der Waals surface area (Å²) in [5, 5.41) is 19.3. The molecule has 8 nitrogen and oxygen atoms in total. The normalized spacial score (nSPS) is 20.4. The highest BCUT2D eigenvalue weighted by Crippen LogP contribution is 2.38. The van der Waals surface area contributed by atoms with Crippen molar-refractivity contribution >= 4 is 5.69 Å². The molecular weight excluding hydrogens is 434 g/mol. The van der Waals surface area contributed by atoms with Gasteiger partial charge in [0.15, 0.2) is 0 Å². The van der Waals surface area contributed by atoms with Gasteiger partial charge in [0.25, 0.3) is 5.56 Å². The number of fused-ring (bicyclic) bond motifs is 3. The van der Waals surface area contributed by atoms with E-state index in [-0.39, 0.29) is 18.6 Å². The van der Waals surface area contributed by atoms with E-state index in [0.29, 0.717) is 0 Å². The van der Waals surface area contributed by atoms with Gasteiger partial charge in [0.2, 0.25) is 0 Å². The van der Waals surface area contributed by atoms with Gasteiger partial charge in [0, 0.05) is 38.0 Å². The first kappa shape index (κ1) is 22.2. The van der Waals surface area contributed by atoms with E-state index in [1.54, 1.807) is 0 Å². The maximum Gasteiger partial charge on any atom is 0.330 e. The molecule has 1 aliphatic carbocycles. The summed E-state index contributed by atoms with van der Waals surface area (Å²) in [5.41, 5.74) is 5.67. The second kappa shape index (κ2) is 8.61. The molecule has 3 aromatic rings. The van der Waals surface area contributed by atoms with Gasteiger partial charge in [-0.15, -0.1) is 0 Å². The zero-order valence-electron chi connectivity index (χ0n) is 18.9. The first-order valence-electron chi connectivity index (χ1n) is 11.1. The quantitative estimate of drug-likeness (QED) is 0.398. The SMILES string of the molecule is CN(C)c1ccc2c(c1)Cc1cc(C#Cc3cn([C@H]4C[C@H](O)[C@@H](CO)O4)c(=O)[nH]c3=O)ccc1-2. The van der Waals surface area contributed by atoms with Crippen molar-refractivity contribution in [2.24, 2.45) is 0 Å². The second-order valence-corrected chi connectivity index (χ2v) is 8.86. The fourth-order valence-electron chi connectivity index (χ4n) is 4.53. The molecule has 174 valence electrons. The van der Waals surface area contributed by atoms with E-state index in [2.05, 4.69) is 46.0 Å². The van der Waals surface area contributed by atoms with Crippen LogP contribution in [-0.4, -0.2) is 52.7 Å². The standard InChI is InChI=1S/C26H25N3O5/c1-28(2)19-6-8-21-18(11-19)10-17-9-15(4-7-20(17)21)3-5-16-13-29(26(33)27-25(16)32)24-12-22(31)23(14-30)34-24/h4,6-9,11,13,22-24,30-31H,10,12,14H2,1-2H3,(H,27,32,33)/t22-,23+,24+/m0/s1. The molecule has 2 heterocycles. The number of rotatable bonds is 3. The average molecular weight is 460 g/mol. The van der Waals surface area contributed by atoms with Gasteiger partial charge in [-0.05, 0) is 52.9 Å². The van der Waals surface area contributed by atoms with Crippen molar-refractivity contribution in [3.05, 3.63) is 85.7 Å². The Balaban J connectivity index is 1.43. The van der Waals surface area contributed by atoms with Crippen molar-refractivity contribution in [1.82, 2.24) is 9.55 Å². The number of nitrogens with one attached hydrogen (secondary N) is 1. The summed E-state index contributed by atoms with van der Waals surface area (Å²) in [6.45, 7) is -0.360. The maximum atomic E-state index is 12.3. The van der Waals surface area contributed by atoms with Crippen LogP contribution < -0.4 is 16.1 Å². The van der Waals surface area contributed by atoms with Crippen LogP contribution in [0.25, 0.3) is 11.1 Å². The fraction of sp³-hybridized carbons (Fsp3) is 0.308. The Morgan fingerprint density at radius 3 is 2.56 bits per heavy atom. The summed E-state index contributed by atoms with van der Waals surface area (Å²) in [7, 11) is 4.04. The predicted octanol–water partition coefficient (Wildman–Crippen LogP) is 1.21. The molecule has 8 heteroatoms. The Morgan fingerprint density at radius 1 is 1.12 bits per heavy atom. The number of aromatic nitrogens is 2. The van der Waals surface area contributed by atoms with Crippen LogP contribution in [0.15, 0.2) is 52.2 Å². The lowest BCUT2D eigenvalue weighted by Gasteiger charge is -2.14. The van der Waals surface area contributed by atoms with Crippen LogP contribution in [0, 0.1) is 11.8 Å². The van der Waals surface area contributed by atoms with Gasteiger partial charge in [-0.25, -0.2) is 4.79 Å². The van der Waals surface area contributed by atoms with Crippen molar-refractivity contribution in [3.63, 3.8) is 0 Å². The molecule has 1 aliphatic heterocycles. The summed E-state index contributed by atoms with van der Waals surface area (Å²) in [6, 6.07) is 12.5. The molecule has 0 amide bonds. The summed E-state index contributed by atoms with van der Waals surface area (Å²) < 4.78 is 6.74. The highest BCUT2D eigenvalue weighted by Gasteiger charge is 2.35. The Bertz CT molecular complexity index is 1440. The number of aromatic amines is 1. The minimum absolute atomic E-state index is 0.115. The van der Waals surface area contributed by atoms with Crippen LogP contribution in [0.5, 0.6) is 0 Å². The topological polar surface area (TPSA) is 108 Å². The van der Waals surface area contributed by atoms with Gasteiger partial charge in [0.05, 0.1) is 12.7 Å². The van der Waals surface area contributed by atoms with Crippen molar-refractivity contribution in [1.29, 1.82) is 0 Å². The third-order valence-electron chi connectivity index (χ3n) is 6.39. The Kier molecular flexibility index (Phi) is 5.62. The lowest BCUT2D eigenvalue weighted by Crippen LogP contribution is -2.33. The molecule has 0 radical (unpaired) electrons. The third-order valence-corrected chi connectivity index (χ3v) is 6.39. The molecule has 2 aliphatic rings. The molecule has 0 unspecified atom stereocenters. The van der Waals surface area contributed by atoms with E-state index >= 15 is 0 Å². The van der Waals surface area contributed by atoms with Gasteiger partial charge < -0.3 is 19.8 Å². The molecule has 1 fully saturated rings. The lowest BCUT2D eigenvalue weighted by atomic mass is 10.0. The van der Waals surface area contributed by atoms with Crippen molar-refractivity contribution in [2.45, 2.75) is 31.3 Å². The Hall–Kier alpha value is -3.64. The largest absolute Gasteiger partial charge is 0.394 e. The Labute approximate surface area is 196 Å². The number of ether oxygens (including phenoxy) is 1. The van der Waals surface area contributed by atoms with Gasteiger partial charge in [-0.1, -0.05) is 24.0 Å². The van der Waals surface area contributed by atoms with Crippen LogP contribution in [-0.2, 0) is 11.2 Å². The zero-order chi connectivity index (χ0) is 24.0. The van der Waals surface area contributed by atoms with E-state index in [9.17, 15) is 19.8 Å². The Morgan fingerprint density at radius 2 is 1.85 bits per heavy atom. The number of hydrogen-bond acceptors (Lipinski definition) is 6. The number of nitrogens with zero attached hydrogens (tertiary/aromatic N) is 2. The number of aliphatic hydroxyl groups is 2. The summed E-state index contributed by atoms with van der Waals surface area (Å²) in [5.74, 6) is 5.90. The minimum atomic E-state index is -0.896. The van der Waals surface area contributed by atoms with Crippen LogP contribution in [0.4, 0.5) is 5.69 Å². The molecule has 1 saturated heterocycles. The molecule has 0 saturated carbocycles. The molecule has 3 N–H and O–H groups in total. The van der Waals surface area contributed by atoms with Crippen molar-refractivity contribution < 1.29 is 14.9 Å². The molecule has 0 bridgehead atoms. The molecule has 0 spiro atoms. The van der Waals surface area contributed by atoms with E-state index in [1.807, 2.05) is 26.2 Å². The molecule has 34 heavy (non-hydrogen) atoms. The smallest absolute Gasteiger partial charge is 0.330 e. The summed E-state index contributed by atoms with van der Waals surface area (Å²) in [4.78, 5) is 29.0. The number of benzene rings is 2. The number of hydrogen-bond donors (Lipinski definition) is 3. The van der Waals surface area contributed by atoms with E-state index in [1.165, 1.54) is 33.0 Å². The van der Waals surface area contributed by atoms with E-state index < -0.39 is 29.7 Å². The number of aliphatic hydroxyl groups excluding tert-OH is 2. The van der Waals surface area contributed by atoms with Crippen LogP contribution >= 0.6 is 0 Å². The van der Waals surface area contributed by atoms with E-state index in [0.717, 1.165) is 17.7 Å². The number of H-pyrrole nitrogens is 1. The first-order chi connectivity index (χ1) is 16.3. The van der Waals surface area contributed by atoms with Gasteiger partial charge >= 0.3 is 5.69 Å². The summed E-state index contributed by atoms with van der Waals surface area (Å²) in [6.07, 6.45) is -0.166. The van der Waals surface area contributed by atoms with Gasteiger partial charge in [-0.3, -0.25) is 14.3 Å². The average Bonchev–Trinajstić information content (AvgIpc) is 3.37. The minimum Gasteiger partial charge on any atom is -0.394 e. The highest BCUT2D eigenvalue weighted by molar-refractivity contribution is 5.79. The van der Waals surface area contributed by atoms with Gasteiger partial charge in [-0.2, -0.15) is 0 Å². The summed E-state index contributed by atoms with van der Waals surface area (Å²) >= 11 is 0.